The third-order valence-corrected chi connectivity index (χ3v) is 4.10. The lowest BCUT2D eigenvalue weighted by Gasteiger charge is -2.23. The van der Waals surface area contributed by atoms with Crippen molar-refractivity contribution in [1.82, 2.24) is 9.97 Å². The molecular weight excluding hydrogens is 334 g/mol. The van der Waals surface area contributed by atoms with Crippen molar-refractivity contribution in [2.45, 2.75) is 33.1 Å². The van der Waals surface area contributed by atoms with E-state index in [0.717, 1.165) is 22.9 Å². The number of anilines is 4. The molecule has 0 unspecified atom stereocenters. The topological polar surface area (TPSA) is 73.6 Å². The van der Waals surface area contributed by atoms with Crippen LogP contribution >= 0.6 is 0 Å². The van der Waals surface area contributed by atoms with Crippen LogP contribution in [0, 0.1) is 18.3 Å². The zero-order valence-electron chi connectivity index (χ0n) is 16.0. The molecule has 0 aliphatic rings. The highest BCUT2D eigenvalue weighted by atomic mass is 15.1. The van der Waals surface area contributed by atoms with Gasteiger partial charge in [-0.05, 0) is 42.2 Å². The second kappa shape index (κ2) is 7.46. The van der Waals surface area contributed by atoms with Crippen LogP contribution in [0.4, 0.5) is 23.1 Å². The van der Waals surface area contributed by atoms with E-state index >= 15 is 0 Å². The quantitative estimate of drug-likeness (QED) is 0.650. The molecule has 0 amide bonds. The van der Waals surface area contributed by atoms with Crippen molar-refractivity contribution in [2.24, 2.45) is 0 Å². The summed E-state index contributed by atoms with van der Waals surface area (Å²) in [5.41, 5.74) is 4.48. The molecule has 5 nitrogen and oxygen atoms in total. The van der Waals surface area contributed by atoms with Gasteiger partial charge in [-0.2, -0.15) is 10.2 Å². The maximum Gasteiger partial charge on any atom is 0.229 e. The first-order valence-corrected chi connectivity index (χ1v) is 8.84. The molecular formula is C22H23N5. The number of hydrogen-bond donors (Lipinski definition) is 2. The molecule has 5 heteroatoms. The van der Waals surface area contributed by atoms with Gasteiger partial charge in [-0.3, -0.25) is 0 Å². The molecule has 0 spiro atoms. The van der Waals surface area contributed by atoms with Gasteiger partial charge in [0.25, 0.3) is 0 Å². The van der Waals surface area contributed by atoms with Gasteiger partial charge in [0.2, 0.25) is 5.95 Å². The predicted octanol–water partition coefficient (Wildman–Crippen LogP) is 5.44. The molecule has 0 atom stereocenters. The zero-order chi connectivity index (χ0) is 19.4. The molecule has 0 bridgehead atoms. The highest BCUT2D eigenvalue weighted by Gasteiger charge is 2.17. The van der Waals surface area contributed by atoms with Crippen molar-refractivity contribution in [3.8, 4) is 6.07 Å². The van der Waals surface area contributed by atoms with Gasteiger partial charge in [0.05, 0.1) is 11.6 Å². The Kier molecular flexibility index (Phi) is 5.09. The van der Waals surface area contributed by atoms with Crippen LogP contribution in [-0.2, 0) is 5.41 Å². The molecule has 0 aliphatic heterocycles. The monoisotopic (exact) mass is 357 g/mol. The predicted molar refractivity (Wildman–Crippen MR) is 110 cm³/mol. The van der Waals surface area contributed by atoms with E-state index in [0.29, 0.717) is 11.5 Å². The molecule has 2 N–H and O–H groups in total. The number of aryl methyl sites for hydroxylation is 1. The summed E-state index contributed by atoms with van der Waals surface area (Å²) in [4.78, 5) is 9.04. The number of rotatable bonds is 4. The maximum atomic E-state index is 9.05. The first-order valence-electron chi connectivity index (χ1n) is 8.84. The van der Waals surface area contributed by atoms with Crippen LogP contribution in [0.15, 0.2) is 54.6 Å². The lowest BCUT2D eigenvalue weighted by atomic mass is 9.86. The minimum Gasteiger partial charge on any atom is -0.340 e. The van der Waals surface area contributed by atoms with Gasteiger partial charge in [-0.25, -0.2) is 4.98 Å². The minimum absolute atomic E-state index is 0.0183. The second-order valence-electron chi connectivity index (χ2n) is 7.46. The summed E-state index contributed by atoms with van der Waals surface area (Å²) >= 11 is 0. The molecule has 0 radical (unpaired) electrons. The van der Waals surface area contributed by atoms with Gasteiger partial charge in [-0.1, -0.05) is 45.0 Å². The second-order valence-corrected chi connectivity index (χ2v) is 7.46. The molecule has 3 rings (SSSR count). The molecule has 1 aromatic heterocycles. The van der Waals surface area contributed by atoms with Gasteiger partial charge in [0, 0.05) is 23.1 Å². The van der Waals surface area contributed by atoms with Crippen LogP contribution < -0.4 is 10.6 Å². The van der Waals surface area contributed by atoms with Crippen molar-refractivity contribution in [3.63, 3.8) is 0 Å². The minimum atomic E-state index is 0.0183. The zero-order valence-corrected chi connectivity index (χ0v) is 16.0. The summed E-state index contributed by atoms with van der Waals surface area (Å²) in [5, 5.41) is 15.7. The Morgan fingerprint density at radius 2 is 1.70 bits per heavy atom. The maximum absolute atomic E-state index is 9.05. The largest absolute Gasteiger partial charge is 0.340 e. The number of nitrogens with one attached hydrogen (secondary N) is 2. The molecule has 2 aromatic carbocycles. The third-order valence-electron chi connectivity index (χ3n) is 4.10. The van der Waals surface area contributed by atoms with Crippen LogP contribution in [-0.4, -0.2) is 9.97 Å². The van der Waals surface area contributed by atoms with E-state index in [1.54, 1.807) is 12.1 Å². The third kappa shape index (κ3) is 4.62. The number of para-hydroxylation sites is 1. The van der Waals surface area contributed by atoms with Crippen molar-refractivity contribution in [3.05, 3.63) is 71.4 Å². The SMILES string of the molecule is Cc1cc(Nc2ccccc2C(C)(C)C)nc(Nc2cccc(C#N)c2)n1. The Morgan fingerprint density at radius 3 is 2.44 bits per heavy atom. The van der Waals surface area contributed by atoms with Gasteiger partial charge in [0.15, 0.2) is 0 Å². The summed E-state index contributed by atoms with van der Waals surface area (Å²) in [5.74, 6) is 1.21. The molecule has 27 heavy (non-hydrogen) atoms. The average molecular weight is 357 g/mol. The van der Waals surface area contributed by atoms with E-state index in [4.69, 9.17) is 5.26 Å². The van der Waals surface area contributed by atoms with Crippen LogP contribution in [0.25, 0.3) is 0 Å². The summed E-state index contributed by atoms with van der Waals surface area (Å²) in [6.45, 7) is 8.50. The Balaban J connectivity index is 1.90. The first-order chi connectivity index (χ1) is 12.8. The summed E-state index contributed by atoms with van der Waals surface area (Å²) in [6.07, 6.45) is 0. The molecule has 0 saturated heterocycles. The summed E-state index contributed by atoms with van der Waals surface area (Å²) < 4.78 is 0. The van der Waals surface area contributed by atoms with Crippen molar-refractivity contribution >= 4 is 23.1 Å². The fourth-order valence-electron chi connectivity index (χ4n) is 2.87. The van der Waals surface area contributed by atoms with Gasteiger partial charge in [0.1, 0.15) is 5.82 Å². The van der Waals surface area contributed by atoms with E-state index in [1.807, 2.05) is 37.3 Å². The standard InChI is InChI=1S/C22H23N5/c1-15-12-20(26-19-11-6-5-10-18(19)22(2,3)4)27-21(24-15)25-17-9-7-8-16(13-17)14-23/h5-13H,1-4H3,(H2,24,25,26,27). The Labute approximate surface area is 160 Å². The molecule has 0 aliphatic carbocycles. The van der Waals surface area contributed by atoms with Crippen LogP contribution in [0.5, 0.6) is 0 Å². The number of hydrogen-bond acceptors (Lipinski definition) is 5. The van der Waals surface area contributed by atoms with E-state index < -0.39 is 0 Å². The van der Waals surface area contributed by atoms with Gasteiger partial charge >= 0.3 is 0 Å². The van der Waals surface area contributed by atoms with Crippen molar-refractivity contribution in [2.75, 3.05) is 10.6 Å². The fraction of sp³-hybridized carbons (Fsp3) is 0.227. The van der Waals surface area contributed by atoms with Gasteiger partial charge < -0.3 is 10.6 Å². The fourth-order valence-corrected chi connectivity index (χ4v) is 2.87. The molecule has 1 heterocycles. The summed E-state index contributed by atoms with van der Waals surface area (Å²) in [6, 6.07) is 19.5. The number of nitrogens with zero attached hydrogens (tertiary/aromatic N) is 3. The highest BCUT2D eigenvalue weighted by molar-refractivity contribution is 5.64. The molecule has 3 aromatic rings. The normalized spacial score (nSPS) is 10.9. The van der Waals surface area contributed by atoms with Crippen LogP contribution in [0.2, 0.25) is 0 Å². The van der Waals surface area contributed by atoms with E-state index in [2.05, 4.69) is 59.6 Å². The van der Waals surface area contributed by atoms with Gasteiger partial charge in [-0.15, -0.1) is 0 Å². The molecule has 136 valence electrons. The number of benzene rings is 2. The number of nitriles is 1. The molecule has 0 fully saturated rings. The van der Waals surface area contributed by atoms with Crippen LogP contribution in [0.3, 0.4) is 0 Å². The summed E-state index contributed by atoms with van der Waals surface area (Å²) in [7, 11) is 0. The smallest absolute Gasteiger partial charge is 0.229 e. The Hall–Kier alpha value is -3.39. The van der Waals surface area contributed by atoms with E-state index in [9.17, 15) is 0 Å². The lowest BCUT2D eigenvalue weighted by Crippen LogP contribution is -2.14. The first kappa shape index (κ1) is 18.4. The van der Waals surface area contributed by atoms with Crippen molar-refractivity contribution < 1.29 is 0 Å². The average Bonchev–Trinajstić information content (AvgIpc) is 2.61. The van der Waals surface area contributed by atoms with E-state index in [-0.39, 0.29) is 5.41 Å². The Morgan fingerprint density at radius 1 is 0.926 bits per heavy atom. The molecule has 0 saturated carbocycles. The van der Waals surface area contributed by atoms with Crippen molar-refractivity contribution in [1.29, 1.82) is 5.26 Å². The lowest BCUT2D eigenvalue weighted by molar-refractivity contribution is 0.592. The van der Waals surface area contributed by atoms with Crippen LogP contribution in [0.1, 0.15) is 37.6 Å². The van der Waals surface area contributed by atoms with E-state index in [1.165, 1.54) is 5.56 Å². The number of aromatic nitrogens is 2. The Bertz CT molecular complexity index is 996. The highest BCUT2D eigenvalue weighted by Crippen LogP contribution is 2.31.